The van der Waals surface area contributed by atoms with Gasteiger partial charge in [-0.2, -0.15) is 0 Å². The Hall–Kier alpha value is -2.17. The van der Waals surface area contributed by atoms with Crippen molar-refractivity contribution in [3.8, 4) is 5.69 Å². The molecule has 5 heteroatoms. The van der Waals surface area contributed by atoms with Gasteiger partial charge in [0.15, 0.2) is 5.82 Å². The molecule has 0 bridgehead atoms. The number of benzene rings is 2. The Kier molecular flexibility index (Phi) is 5.21. The van der Waals surface area contributed by atoms with Crippen LogP contribution < -0.4 is 10.9 Å². The monoisotopic (exact) mass is 356 g/mol. The smallest absolute Gasteiger partial charge is 0.266 e. The molecule has 0 amide bonds. The van der Waals surface area contributed by atoms with Crippen LogP contribution in [0.1, 0.15) is 37.7 Å². The van der Waals surface area contributed by atoms with Crippen LogP contribution in [0.15, 0.2) is 47.3 Å². The van der Waals surface area contributed by atoms with Crippen LogP contribution in [0.4, 0.5) is 0 Å². The van der Waals surface area contributed by atoms with Gasteiger partial charge in [-0.05, 0) is 49.7 Å². The lowest BCUT2D eigenvalue weighted by Crippen LogP contribution is -2.85. The maximum Gasteiger partial charge on any atom is 0.266 e. The molecule has 3 aromatic rings. The summed E-state index contributed by atoms with van der Waals surface area (Å²) in [6.45, 7) is 7.13. The van der Waals surface area contributed by atoms with E-state index in [1.165, 1.54) is 0 Å². The van der Waals surface area contributed by atoms with E-state index in [0.29, 0.717) is 10.4 Å². The predicted molar refractivity (Wildman–Crippen MR) is 103 cm³/mol. The Balaban J connectivity index is 2.38. The lowest BCUT2D eigenvalue weighted by molar-refractivity contribution is -0.694. The highest BCUT2D eigenvalue weighted by atomic mass is 35.5. The van der Waals surface area contributed by atoms with Crippen LogP contribution in [-0.4, -0.2) is 16.1 Å². The number of rotatable bonds is 5. The van der Waals surface area contributed by atoms with Gasteiger partial charge in [0, 0.05) is 11.4 Å². The number of nitrogens with two attached hydrogens (primary N) is 1. The molecule has 2 N–H and O–H groups in total. The van der Waals surface area contributed by atoms with Gasteiger partial charge in [-0.15, -0.1) is 0 Å². The topological polar surface area (TPSA) is 51.5 Å². The lowest BCUT2D eigenvalue weighted by Gasteiger charge is -2.20. The zero-order valence-corrected chi connectivity index (χ0v) is 15.5. The van der Waals surface area contributed by atoms with Gasteiger partial charge in [0.25, 0.3) is 5.56 Å². The second kappa shape index (κ2) is 7.38. The van der Waals surface area contributed by atoms with Gasteiger partial charge < -0.3 is 5.32 Å². The van der Waals surface area contributed by atoms with Crippen molar-refractivity contribution in [2.24, 2.45) is 0 Å². The van der Waals surface area contributed by atoms with E-state index in [9.17, 15) is 4.79 Å². The van der Waals surface area contributed by atoms with Crippen LogP contribution in [-0.2, 0) is 0 Å². The van der Waals surface area contributed by atoms with Gasteiger partial charge in [-0.25, -0.2) is 4.98 Å². The van der Waals surface area contributed by atoms with E-state index >= 15 is 0 Å². The highest BCUT2D eigenvalue weighted by Crippen LogP contribution is 2.22. The molecular weight excluding hydrogens is 334 g/mol. The molecule has 2 aromatic carbocycles. The van der Waals surface area contributed by atoms with Gasteiger partial charge in [-0.3, -0.25) is 9.36 Å². The number of nitrogens with zero attached hydrogens (tertiary/aromatic N) is 2. The first-order valence-electron chi connectivity index (χ1n) is 8.68. The van der Waals surface area contributed by atoms with E-state index in [2.05, 4.69) is 19.2 Å². The average Bonchev–Trinajstić information content (AvgIpc) is 2.60. The standard InChI is InChI=1S/C20H22ClN3O/c1-4-16(22-5-2)19-23-17-9-7-6-8-15(17)20(25)24(19)18-11-10-14(21)12-13(18)3/h6-12,16,22H,4-5H2,1-3H3/p+1/t16-/m0/s1. The summed E-state index contributed by atoms with van der Waals surface area (Å²) in [7, 11) is 0. The quantitative estimate of drug-likeness (QED) is 0.761. The van der Waals surface area contributed by atoms with Gasteiger partial charge >= 0.3 is 0 Å². The summed E-state index contributed by atoms with van der Waals surface area (Å²) in [5.41, 5.74) is 2.51. The molecule has 0 radical (unpaired) electrons. The maximum absolute atomic E-state index is 13.3. The number of halogens is 1. The van der Waals surface area contributed by atoms with E-state index in [1.54, 1.807) is 4.57 Å². The minimum Gasteiger partial charge on any atom is -0.338 e. The van der Waals surface area contributed by atoms with Crippen molar-refractivity contribution in [2.45, 2.75) is 33.2 Å². The van der Waals surface area contributed by atoms with Crippen molar-refractivity contribution < 1.29 is 5.32 Å². The number of para-hydroxylation sites is 1. The number of hydrogen-bond donors (Lipinski definition) is 1. The second-order valence-corrected chi connectivity index (χ2v) is 6.65. The third kappa shape index (κ3) is 3.32. The van der Waals surface area contributed by atoms with E-state index in [0.717, 1.165) is 35.6 Å². The van der Waals surface area contributed by atoms with Crippen molar-refractivity contribution in [2.75, 3.05) is 6.54 Å². The first kappa shape index (κ1) is 17.6. The van der Waals surface area contributed by atoms with Gasteiger partial charge in [0.1, 0.15) is 6.04 Å². The van der Waals surface area contributed by atoms with E-state index in [1.807, 2.05) is 49.4 Å². The molecule has 25 heavy (non-hydrogen) atoms. The fraction of sp³-hybridized carbons (Fsp3) is 0.300. The molecule has 1 atom stereocenters. The van der Waals surface area contributed by atoms with Gasteiger partial charge in [-0.1, -0.05) is 30.7 Å². The highest BCUT2D eigenvalue weighted by Gasteiger charge is 2.22. The Morgan fingerprint density at radius 3 is 2.64 bits per heavy atom. The first-order valence-corrected chi connectivity index (χ1v) is 9.06. The van der Waals surface area contributed by atoms with Crippen molar-refractivity contribution >= 4 is 22.5 Å². The van der Waals surface area contributed by atoms with Crippen molar-refractivity contribution in [3.05, 3.63) is 69.2 Å². The predicted octanol–water partition coefficient (Wildman–Crippen LogP) is 3.38. The van der Waals surface area contributed by atoms with Crippen LogP contribution >= 0.6 is 11.6 Å². The molecule has 0 aliphatic carbocycles. The van der Waals surface area contributed by atoms with Crippen LogP contribution in [0.25, 0.3) is 16.6 Å². The van der Waals surface area contributed by atoms with Crippen LogP contribution in [0, 0.1) is 6.92 Å². The Labute approximate surface area is 152 Å². The van der Waals surface area contributed by atoms with E-state index in [4.69, 9.17) is 16.6 Å². The fourth-order valence-electron chi connectivity index (χ4n) is 3.24. The van der Waals surface area contributed by atoms with Gasteiger partial charge in [0.2, 0.25) is 0 Å². The number of quaternary nitrogens is 1. The highest BCUT2D eigenvalue weighted by molar-refractivity contribution is 6.30. The largest absolute Gasteiger partial charge is 0.338 e. The molecule has 0 aliphatic rings. The summed E-state index contributed by atoms with van der Waals surface area (Å²) in [4.78, 5) is 18.2. The van der Waals surface area contributed by atoms with Crippen LogP contribution in [0.5, 0.6) is 0 Å². The van der Waals surface area contributed by atoms with Crippen molar-refractivity contribution in [1.29, 1.82) is 0 Å². The van der Waals surface area contributed by atoms with Crippen LogP contribution in [0.3, 0.4) is 0 Å². The molecule has 130 valence electrons. The minimum absolute atomic E-state index is 0.0334. The van der Waals surface area contributed by atoms with Crippen molar-refractivity contribution in [3.63, 3.8) is 0 Å². The first-order chi connectivity index (χ1) is 12.1. The summed E-state index contributed by atoms with van der Waals surface area (Å²) in [5.74, 6) is 0.790. The number of hydrogen-bond acceptors (Lipinski definition) is 2. The molecule has 1 heterocycles. The third-order valence-electron chi connectivity index (χ3n) is 4.49. The third-order valence-corrected chi connectivity index (χ3v) is 4.73. The average molecular weight is 357 g/mol. The molecule has 3 rings (SSSR count). The summed E-state index contributed by atoms with van der Waals surface area (Å²) in [6, 6.07) is 13.3. The second-order valence-electron chi connectivity index (χ2n) is 6.22. The molecule has 1 aromatic heterocycles. The zero-order valence-electron chi connectivity index (χ0n) is 14.8. The molecule has 4 nitrogen and oxygen atoms in total. The molecule has 0 spiro atoms. The Morgan fingerprint density at radius 1 is 1.20 bits per heavy atom. The zero-order chi connectivity index (χ0) is 18.0. The summed E-state index contributed by atoms with van der Waals surface area (Å²) in [6.07, 6.45) is 0.894. The molecule has 0 aliphatic heterocycles. The van der Waals surface area contributed by atoms with E-state index in [-0.39, 0.29) is 11.6 Å². The fourth-order valence-corrected chi connectivity index (χ4v) is 3.47. The molecule has 0 fully saturated rings. The maximum atomic E-state index is 13.3. The number of aromatic nitrogens is 2. The van der Waals surface area contributed by atoms with Crippen LogP contribution in [0.2, 0.25) is 5.02 Å². The molecule has 0 saturated heterocycles. The Bertz CT molecular complexity index is 965. The molecule has 0 unspecified atom stereocenters. The summed E-state index contributed by atoms with van der Waals surface area (Å²) >= 11 is 6.11. The SMILES string of the molecule is CC[NH2+][C@@H](CC)c1nc2ccccc2c(=O)n1-c1ccc(Cl)cc1C. The summed E-state index contributed by atoms with van der Waals surface area (Å²) < 4.78 is 1.76. The molecular formula is C20H23ClN3O+. The molecule has 0 saturated carbocycles. The number of aryl methyl sites for hydroxylation is 1. The van der Waals surface area contributed by atoms with E-state index < -0.39 is 0 Å². The lowest BCUT2D eigenvalue weighted by atomic mass is 10.1. The normalized spacial score (nSPS) is 12.5. The van der Waals surface area contributed by atoms with Crippen molar-refractivity contribution in [1.82, 2.24) is 9.55 Å². The Morgan fingerprint density at radius 2 is 1.96 bits per heavy atom. The summed E-state index contributed by atoms with van der Waals surface area (Å²) in [5, 5.41) is 3.52. The minimum atomic E-state index is -0.0334. The number of fused-ring (bicyclic) bond motifs is 1. The van der Waals surface area contributed by atoms with Gasteiger partial charge in [0.05, 0.1) is 23.1 Å².